The van der Waals surface area contributed by atoms with Crippen LogP contribution in [0.3, 0.4) is 0 Å². The molecule has 0 saturated carbocycles. The molecule has 1 atom stereocenters. The summed E-state index contributed by atoms with van der Waals surface area (Å²) in [5.74, 6) is 1.18. The molecule has 0 radical (unpaired) electrons. The Balaban J connectivity index is 1.88. The number of allylic oxidation sites excluding steroid dienone is 1. The Morgan fingerprint density at radius 3 is 2.83 bits per heavy atom. The number of anilines is 2. The Kier molecular flexibility index (Phi) is 3.49. The molecule has 0 amide bonds. The summed E-state index contributed by atoms with van der Waals surface area (Å²) in [5.41, 5.74) is 2.55. The molecule has 0 unspecified atom stereocenters. The van der Waals surface area contributed by atoms with Gasteiger partial charge in [-0.1, -0.05) is 41.9 Å². The van der Waals surface area contributed by atoms with E-state index in [9.17, 15) is 4.79 Å². The molecule has 1 aliphatic carbocycles. The number of hydrogen-bond acceptors (Lipinski definition) is 6. The summed E-state index contributed by atoms with van der Waals surface area (Å²) in [6.45, 7) is 4.20. The number of aromatic nitrogens is 2. The number of hydrogen-bond donors (Lipinski definition) is 2. The van der Waals surface area contributed by atoms with E-state index in [1.54, 1.807) is 0 Å². The zero-order chi connectivity index (χ0) is 16.9. The topological polar surface area (TPSA) is 80.1 Å². The van der Waals surface area contributed by atoms with Gasteiger partial charge in [0.05, 0.1) is 6.04 Å². The van der Waals surface area contributed by atoms with Crippen LogP contribution in [0.2, 0.25) is 0 Å². The Morgan fingerprint density at radius 2 is 2.04 bits per heavy atom. The smallest absolute Gasteiger partial charge is 0.219 e. The van der Waals surface area contributed by atoms with Crippen molar-refractivity contribution < 1.29 is 9.42 Å². The molecule has 1 aromatic heterocycles. The molecule has 6 nitrogen and oxygen atoms in total. The number of Topliss-reactive ketones (excluding diaryl/α,β-unsaturated/α-hetero) is 1. The van der Waals surface area contributed by atoms with Crippen LogP contribution in [0.15, 0.2) is 44.6 Å². The third kappa shape index (κ3) is 2.62. The highest BCUT2D eigenvalue weighted by molar-refractivity contribution is 9.10. The van der Waals surface area contributed by atoms with Crippen molar-refractivity contribution in [2.45, 2.75) is 32.7 Å². The van der Waals surface area contributed by atoms with Crippen molar-refractivity contribution >= 4 is 33.3 Å². The van der Waals surface area contributed by atoms with Crippen molar-refractivity contribution in [3.8, 4) is 0 Å². The van der Waals surface area contributed by atoms with Gasteiger partial charge in [-0.25, -0.2) is 4.63 Å². The first-order chi connectivity index (χ1) is 11.4. The van der Waals surface area contributed by atoms with Gasteiger partial charge in [-0.2, -0.15) is 0 Å². The maximum atomic E-state index is 12.9. The summed E-state index contributed by atoms with van der Waals surface area (Å²) in [5, 5.41) is 14.4. The second-order valence-electron chi connectivity index (χ2n) is 7.05. The van der Waals surface area contributed by atoms with Gasteiger partial charge in [0.2, 0.25) is 11.6 Å². The average molecular weight is 389 g/mol. The van der Waals surface area contributed by atoms with Crippen LogP contribution in [0.25, 0.3) is 0 Å². The van der Waals surface area contributed by atoms with Crippen molar-refractivity contribution in [3.05, 3.63) is 45.6 Å². The number of benzene rings is 1. The quantitative estimate of drug-likeness (QED) is 0.766. The average Bonchev–Trinajstić information content (AvgIpc) is 2.85. The van der Waals surface area contributed by atoms with Gasteiger partial charge in [0.25, 0.3) is 0 Å². The van der Waals surface area contributed by atoms with Gasteiger partial charge >= 0.3 is 0 Å². The fraction of sp³-hybridized carbons (Fsp3) is 0.353. The summed E-state index contributed by atoms with van der Waals surface area (Å²) in [7, 11) is 0. The molecular formula is C17H17BrN4O2. The number of halogens is 1. The van der Waals surface area contributed by atoms with E-state index in [2.05, 4.69) is 50.7 Å². The molecular weight excluding hydrogens is 372 g/mol. The van der Waals surface area contributed by atoms with E-state index in [1.807, 2.05) is 24.3 Å². The van der Waals surface area contributed by atoms with Crippen molar-refractivity contribution in [2.75, 3.05) is 10.6 Å². The van der Waals surface area contributed by atoms with E-state index >= 15 is 0 Å². The lowest BCUT2D eigenvalue weighted by atomic mass is 9.73. The molecule has 0 saturated heterocycles. The number of nitrogens with zero attached hydrogens (tertiary/aromatic N) is 2. The Morgan fingerprint density at radius 1 is 1.25 bits per heavy atom. The first-order valence-corrected chi connectivity index (χ1v) is 8.60. The Hall–Kier alpha value is -2.15. The zero-order valence-corrected chi connectivity index (χ0v) is 15.0. The molecule has 2 aliphatic rings. The van der Waals surface area contributed by atoms with Crippen LogP contribution in [0, 0.1) is 5.41 Å². The van der Waals surface area contributed by atoms with Gasteiger partial charge in [0, 0.05) is 22.2 Å². The normalized spacial score (nSPS) is 22.1. The molecule has 1 aliphatic heterocycles. The van der Waals surface area contributed by atoms with Gasteiger partial charge < -0.3 is 10.6 Å². The predicted octanol–water partition coefficient (Wildman–Crippen LogP) is 4.05. The first-order valence-electron chi connectivity index (χ1n) is 7.81. The van der Waals surface area contributed by atoms with Gasteiger partial charge in [-0.3, -0.25) is 4.79 Å². The number of ketones is 1. The van der Waals surface area contributed by atoms with E-state index in [0.29, 0.717) is 18.1 Å². The SMILES string of the molecule is CC1(C)CC(=O)C2=C(C1)Nc1nonc1N[C@H]2c1cccc(Br)c1. The van der Waals surface area contributed by atoms with E-state index < -0.39 is 0 Å². The molecule has 0 bridgehead atoms. The fourth-order valence-corrected chi connectivity index (χ4v) is 3.85. The van der Waals surface area contributed by atoms with E-state index in [0.717, 1.165) is 27.7 Å². The predicted molar refractivity (Wildman–Crippen MR) is 93.5 cm³/mol. The molecule has 124 valence electrons. The standard InChI is InChI=1S/C17H17BrN4O2/c1-17(2)7-11-13(12(23)8-17)14(9-4-3-5-10(18)6-9)20-16-15(19-11)21-24-22-16/h3-6,14H,7-8H2,1-2H3,(H,19,21)(H,20,22)/t14-/m0/s1. The number of carbonyl (C=O) groups is 1. The summed E-state index contributed by atoms with van der Waals surface area (Å²) in [4.78, 5) is 12.9. The van der Waals surface area contributed by atoms with Gasteiger partial charge in [0.15, 0.2) is 5.78 Å². The third-order valence-corrected chi connectivity index (χ3v) is 4.92. The minimum absolute atomic E-state index is 0.0909. The monoisotopic (exact) mass is 388 g/mol. The minimum Gasteiger partial charge on any atom is -0.353 e. The van der Waals surface area contributed by atoms with E-state index in [-0.39, 0.29) is 17.2 Å². The molecule has 0 spiro atoms. The van der Waals surface area contributed by atoms with Crippen LogP contribution in [-0.4, -0.2) is 16.1 Å². The molecule has 4 rings (SSSR count). The fourth-order valence-electron chi connectivity index (χ4n) is 3.43. The number of carbonyl (C=O) groups excluding carboxylic acids is 1. The second-order valence-corrected chi connectivity index (χ2v) is 7.97. The molecule has 2 heterocycles. The molecule has 2 N–H and O–H groups in total. The Bertz CT molecular complexity index is 856. The second kappa shape index (κ2) is 5.44. The summed E-state index contributed by atoms with van der Waals surface area (Å²) >= 11 is 3.50. The van der Waals surface area contributed by atoms with Crippen molar-refractivity contribution in [1.29, 1.82) is 0 Å². The number of rotatable bonds is 1. The van der Waals surface area contributed by atoms with Crippen LogP contribution < -0.4 is 10.6 Å². The van der Waals surface area contributed by atoms with Crippen LogP contribution >= 0.6 is 15.9 Å². The molecule has 24 heavy (non-hydrogen) atoms. The lowest BCUT2D eigenvalue weighted by Crippen LogP contribution is -2.31. The van der Waals surface area contributed by atoms with Gasteiger partial charge in [-0.15, -0.1) is 0 Å². The first kappa shape index (κ1) is 15.4. The lowest BCUT2D eigenvalue weighted by Gasteiger charge is -2.34. The summed E-state index contributed by atoms with van der Waals surface area (Å²) in [6, 6.07) is 7.63. The van der Waals surface area contributed by atoms with Crippen molar-refractivity contribution in [2.24, 2.45) is 5.41 Å². The van der Waals surface area contributed by atoms with E-state index in [1.165, 1.54) is 0 Å². The zero-order valence-electron chi connectivity index (χ0n) is 13.4. The number of fused-ring (bicyclic) bond motifs is 1. The Labute approximate surface area is 147 Å². The highest BCUT2D eigenvalue weighted by Crippen LogP contribution is 2.44. The van der Waals surface area contributed by atoms with Crippen LogP contribution in [0.1, 0.15) is 38.3 Å². The molecule has 2 aromatic rings. The van der Waals surface area contributed by atoms with E-state index in [4.69, 9.17) is 4.63 Å². The van der Waals surface area contributed by atoms with Gasteiger partial charge in [-0.05, 0) is 39.8 Å². The molecule has 0 fully saturated rings. The summed E-state index contributed by atoms with van der Waals surface area (Å²) in [6.07, 6.45) is 1.29. The highest BCUT2D eigenvalue weighted by atomic mass is 79.9. The largest absolute Gasteiger partial charge is 0.353 e. The maximum Gasteiger partial charge on any atom is 0.219 e. The van der Waals surface area contributed by atoms with Gasteiger partial charge in [0.1, 0.15) is 0 Å². The molecule has 7 heteroatoms. The van der Waals surface area contributed by atoms with Crippen molar-refractivity contribution in [1.82, 2.24) is 10.3 Å². The minimum atomic E-state index is -0.290. The highest BCUT2D eigenvalue weighted by Gasteiger charge is 2.39. The van der Waals surface area contributed by atoms with Crippen molar-refractivity contribution in [3.63, 3.8) is 0 Å². The molecule has 1 aromatic carbocycles. The maximum absolute atomic E-state index is 12.9. The van der Waals surface area contributed by atoms with Crippen LogP contribution in [0.5, 0.6) is 0 Å². The van der Waals surface area contributed by atoms with Crippen LogP contribution in [0.4, 0.5) is 11.6 Å². The lowest BCUT2D eigenvalue weighted by molar-refractivity contribution is -0.118. The number of nitrogens with one attached hydrogen (secondary N) is 2. The third-order valence-electron chi connectivity index (χ3n) is 4.43. The van der Waals surface area contributed by atoms with Crippen LogP contribution in [-0.2, 0) is 4.79 Å². The summed E-state index contributed by atoms with van der Waals surface area (Å²) < 4.78 is 5.81.